The van der Waals surface area contributed by atoms with Gasteiger partial charge in [-0.15, -0.1) is 10.2 Å². The lowest BCUT2D eigenvalue weighted by Gasteiger charge is -2.15. The number of nitrogens with zero attached hydrogens (tertiary/aromatic N) is 2. The van der Waals surface area contributed by atoms with Crippen molar-refractivity contribution in [2.75, 3.05) is 6.26 Å². The summed E-state index contributed by atoms with van der Waals surface area (Å²) in [6, 6.07) is 20.9. The fourth-order valence-corrected chi connectivity index (χ4v) is 4.02. The summed E-state index contributed by atoms with van der Waals surface area (Å²) < 4.78 is 29.0. The third-order valence-electron chi connectivity index (χ3n) is 5.35. The van der Waals surface area contributed by atoms with E-state index in [2.05, 4.69) is 15.5 Å². The molecule has 0 unspecified atom stereocenters. The zero-order valence-corrected chi connectivity index (χ0v) is 19.3. The van der Waals surface area contributed by atoms with Gasteiger partial charge in [-0.2, -0.15) is 0 Å². The van der Waals surface area contributed by atoms with Crippen LogP contribution in [0.15, 0.2) is 82.1 Å². The van der Waals surface area contributed by atoms with Crippen molar-refractivity contribution in [3.05, 3.63) is 89.5 Å². The number of carbonyl (C=O) groups excluding carboxylic acids is 1. The Morgan fingerprint density at radius 3 is 2.18 bits per heavy atom. The molecular formula is C25H23N3O4S. The molecule has 3 aromatic carbocycles. The van der Waals surface area contributed by atoms with Gasteiger partial charge < -0.3 is 9.73 Å². The van der Waals surface area contributed by atoms with Crippen LogP contribution in [-0.2, 0) is 9.84 Å². The molecule has 4 rings (SSSR count). The van der Waals surface area contributed by atoms with Gasteiger partial charge in [-0.1, -0.05) is 30.3 Å². The van der Waals surface area contributed by atoms with Crippen molar-refractivity contribution in [2.45, 2.75) is 24.8 Å². The maximum Gasteiger partial charge on any atom is 0.251 e. The van der Waals surface area contributed by atoms with E-state index in [1.165, 1.54) is 12.1 Å². The first-order chi connectivity index (χ1) is 15.7. The molecule has 168 valence electrons. The van der Waals surface area contributed by atoms with E-state index in [-0.39, 0.29) is 16.8 Å². The van der Waals surface area contributed by atoms with E-state index >= 15 is 0 Å². The van der Waals surface area contributed by atoms with E-state index in [0.29, 0.717) is 22.9 Å². The van der Waals surface area contributed by atoms with E-state index < -0.39 is 9.84 Å². The minimum absolute atomic E-state index is 0.243. The Labute approximate surface area is 192 Å². The first-order valence-electron chi connectivity index (χ1n) is 10.3. The summed E-state index contributed by atoms with van der Waals surface area (Å²) in [7, 11) is -3.26. The highest BCUT2D eigenvalue weighted by atomic mass is 32.2. The van der Waals surface area contributed by atoms with Crippen LogP contribution >= 0.6 is 0 Å². The minimum Gasteiger partial charge on any atom is -0.416 e. The van der Waals surface area contributed by atoms with Crippen LogP contribution in [0.5, 0.6) is 0 Å². The molecule has 1 amide bonds. The van der Waals surface area contributed by atoms with Crippen molar-refractivity contribution in [1.82, 2.24) is 15.5 Å². The molecule has 7 nitrogen and oxygen atoms in total. The van der Waals surface area contributed by atoms with Crippen molar-refractivity contribution >= 4 is 15.7 Å². The first-order valence-corrected chi connectivity index (χ1v) is 12.2. The predicted molar refractivity (Wildman–Crippen MR) is 125 cm³/mol. The van der Waals surface area contributed by atoms with Crippen LogP contribution in [0, 0.1) is 6.92 Å². The highest BCUT2D eigenvalue weighted by Gasteiger charge is 2.15. The molecule has 0 aliphatic carbocycles. The molecular weight excluding hydrogens is 438 g/mol. The number of rotatable bonds is 6. The van der Waals surface area contributed by atoms with E-state index in [1.807, 2.05) is 38.1 Å². The number of hydrogen-bond donors (Lipinski definition) is 1. The molecule has 1 heterocycles. The number of carbonyl (C=O) groups is 1. The van der Waals surface area contributed by atoms with Crippen molar-refractivity contribution < 1.29 is 17.6 Å². The van der Waals surface area contributed by atoms with E-state index in [0.717, 1.165) is 22.9 Å². The molecule has 1 N–H and O–H groups in total. The van der Waals surface area contributed by atoms with Crippen LogP contribution in [0.4, 0.5) is 0 Å². The Kier molecular flexibility index (Phi) is 6.11. The molecule has 0 aliphatic rings. The lowest BCUT2D eigenvalue weighted by Crippen LogP contribution is -2.26. The average Bonchev–Trinajstić information content (AvgIpc) is 3.29. The lowest BCUT2D eigenvalue weighted by atomic mass is 10.1. The van der Waals surface area contributed by atoms with Gasteiger partial charge in [0.25, 0.3) is 5.91 Å². The van der Waals surface area contributed by atoms with Gasteiger partial charge in [-0.05, 0) is 67.4 Å². The summed E-state index contributed by atoms with van der Waals surface area (Å²) in [6.45, 7) is 3.82. The highest BCUT2D eigenvalue weighted by molar-refractivity contribution is 7.90. The first kappa shape index (κ1) is 22.4. The summed E-state index contributed by atoms with van der Waals surface area (Å²) >= 11 is 0. The number of amides is 1. The molecule has 0 spiro atoms. The monoisotopic (exact) mass is 461 g/mol. The standard InChI is InChI=1S/C25H23N3O4S/c1-16-6-4-5-7-22(16)25-28-27-24(32-25)20-10-8-19(9-11-20)23(29)26-17(2)18-12-14-21(15-13-18)33(3,30)31/h4-15,17H,1-3H3,(H,26,29)/t17-/m0/s1. The number of sulfone groups is 1. The average molecular weight is 462 g/mol. The smallest absolute Gasteiger partial charge is 0.251 e. The molecule has 1 aromatic heterocycles. The largest absolute Gasteiger partial charge is 0.416 e. The molecule has 0 saturated heterocycles. The van der Waals surface area contributed by atoms with Crippen LogP contribution in [0.3, 0.4) is 0 Å². The lowest BCUT2D eigenvalue weighted by molar-refractivity contribution is 0.0940. The fourth-order valence-electron chi connectivity index (χ4n) is 3.39. The van der Waals surface area contributed by atoms with Gasteiger partial charge in [0.05, 0.1) is 10.9 Å². The Balaban J connectivity index is 1.45. The number of nitrogens with one attached hydrogen (secondary N) is 1. The second-order valence-electron chi connectivity index (χ2n) is 7.84. The zero-order chi connectivity index (χ0) is 23.6. The van der Waals surface area contributed by atoms with Gasteiger partial charge >= 0.3 is 0 Å². The molecule has 0 saturated carbocycles. The number of benzene rings is 3. The Hall–Kier alpha value is -3.78. The van der Waals surface area contributed by atoms with E-state index in [4.69, 9.17) is 4.42 Å². The van der Waals surface area contributed by atoms with Crippen LogP contribution < -0.4 is 5.32 Å². The van der Waals surface area contributed by atoms with Crippen molar-refractivity contribution in [2.24, 2.45) is 0 Å². The fraction of sp³-hybridized carbons (Fsp3) is 0.160. The number of hydrogen-bond acceptors (Lipinski definition) is 6. The minimum atomic E-state index is -3.26. The SMILES string of the molecule is Cc1ccccc1-c1nnc(-c2ccc(C(=O)N[C@@H](C)c3ccc(S(C)(=O)=O)cc3)cc2)o1. The highest BCUT2D eigenvalue weighted by Crippen LogP contribution is 2.26. The molecule has 0 bridgehead atoms. The molecule has 4 aromatic rings. The summed E-state index contributed by atoms with van der Waals surface area (Å²) in [5.41, 5.74) is 3.92. The molecule has 1 atom stereocenters. The Morgan fingerprint density at radius 2 is 1.55 bits per heavy atom. The van der Waals surface area contributed by atoms with Crippen molar-refractivity contribution in [3.63, 3.8) is 0 Å². The van der Waals surface area contributed by atoms with Gasteiger partial charge in [-0.3, -0.25) is 4.79 Å². The second-order valence-corrected chi connectivity index (χ2v) is 9.86. The van der Waals surface area contributed by atoms with Gasteiger partial charge in [0.15, 0.2) is 9.84 Å². The predicted octanol–water partition coefficient (Wildman–Crippen LogP) is 4.61. The van der Waals surface area contributed by atoms with Gasteiger partial charge in [0, 0.05) is 22.9 Å². The summed E-state index contributed by atoms with van der Waals surface area (Å²) in [6.07, 6.45) is 1.16. The van der Waals surface area contributed by atoms with E-state index in [9.17, 15) is 13.2 Å². The van der Waals surface area contributed by atoms with E-state index in [1.54, 1.807) is 36.4 Å². The molecule has 8 heteroatoms. The van der Waals surface area contributed by atoms with Crippen LogP contribution in [-0.4, -0.2) is 30.8 Å². The summed E-state index contributed by atoms with van der Waals surface area (Å²) in [5, 5.41) is 11.2. The van der Waals surface area contributed by atoms with Crippen molar-refractivity contribution in [1.29, 1.82) is 0 Å². The van der Waals surface area contributed by atoms with Gasteiger partial charge in [-0.25, -0.2) is 8.42 Å². The van der Waals surface area contributed by atoms with Crippen molar-refractivity contribution in [3.8, 4) is 22.9 Å². The summed E-state index contributed by atoms with van der Waals surface area (Å²) in [5.74, 6) is 0.576. The molecule has 0 fully saturated rings. The third-order valence-corrected chi connectivity index (χ3v) is 6.48. The normalized spacial score (nSPS) is 12.3. The van der Waals surface area contributed by atoms with Crippen LogP contribution in [0.2, 0.25) is 0 Å². The topological polar surface area (TPSA) is 102 Å². The Morgan fingerprint density at radius 1 is 0.909 bits per heavy atom. The number of aromatic nitrogens is 2. The molecule has 0 aliphatic heterocycles. The number of aryl methyl sites for hydroxylation is 1. The van der Waals surface area contributed by atoms with Gasteiger partial charge in [0.1, 0.15) is 0 Å². The van der Waals surface area contributed by atoms with Crippen LogP contribution in [0.1, 0.15) is 34.5 Å². The van der Waals surface area contributed by atoms with Gasteiger partial charge in [0.2, 0.25) is 11.8 Å². The second kappa shape index (κ2) is 8.99. The maximum atomic E-state index is 12.7. The third kappa shape index (κ3) is 5.01. The molecule has 33 heavy (non-hydrogen) atoms. The zero-order valence-electron chi connectivity index (χ0n) is 18.4. The maximum absolute atomic E-state index is 12.7. The Bertz CT molecular complexity index is 1390. The van der Waals surface area contributed by atoms with Crippen LogP contribution in [0.25, 0.3) is 22.9 Å². The summed E-state index contributed by atoms with van der Waals surface area (Å²) in [4.78, 5) is 12.9. The quantitative estimate of drug-likeness (QED) is 0.450. The molecule has 0 radical (unpaired) electrons.